The molecule has 0 unspecified atom stereocenters. The third-order valence-electron chi connectivity index (χ3n) is 5.82. The number of benzene rings is 1. The van der Waals surface area contributed by atoms with Gasteiger partial charge in [-0.2, -0.15) is 0 Å². The number of piperidine rings is 1. The predicted octanol–water partition coefficient (Wildman–Crippen LogP) is 2.72. The molecule has 0 saturated carbocycles. The van der Waals surface area contributed by atoms with Crippen molar-refractivity contribution in [3.8, 4) is 0 Å². The molecule has 1 aromatic heterocycles. The van der Waals surface area contributed by atoms with Crippen LogP contribution in [0.15, 0.2) is 29.4 Å². The minimum Gasteiger partial charge on any atom is -0.355 e. The maximum atomic E-state index is 14.4. The quantitative estimate of drug-likeness (QED) is 0.647. The first-order valence-electron chi connectivity index (χ1n) is 10.1. The highest BCUT2D eigenvalue weighted by Gasteiger charge is 2.36. The van der Waals surface area contributed by atoms with Gasteiger partial charge < -0.3 is 14.7 Å². The molecule has 32 heavy (non-hydrogen) atoms. The fraction of sp³-hybridized carbons (Fsp3) is 0.450. The van der Waals surface area contributed by atoms with E-state index >= 15 is 0 Å². The molecular weight excluding hydrogens is 464 g/mol. The molecule has 0 radical (unpaired) electrons. The Hall–Kier alpha value is -2.53. The van der Waals surface area contributed by atoms with Gasteiger partial charge in [0.05, 0.1) is 18.9 Å². The number of nitrogens with zero attached hydrogens (tertiary/aromatic N) is 5. The second-order valence-electron chi connectivity index (χ2n) is 7.96. The highest BCUT2D eigenvalue weighted by Crippen LogP contribution is 2.26. The summed E-state index contributed by atoms with van der Waals surface area (Å²) in [6, 6.07) is 1.33. The Morgan fingerprint density at radius 1 is 1.06 bits per heavy atom. The lowest BCUT2D eigenvalue weighted by Crippen LogP contribution is -2.46. The van der Waals surface area contributed by atoms with Crippen molar-refractivity contribution in [2.75, 3.05) is 37.3 Å². The summed E-state index contributed by atoms with van der Waals surface area (Å²) in [4.78, 5) is 25.8. The van der Waals surface area contributed by atoms with E-state index in [2.05, 4.69) is 14.9 Å². The van der Waals surface area contributed by atoms with Crippen LogP contribution in [0.3, 0.4) is 0 Å². The molecule has 12 heteroatoms. The molecule has 4 rings (SSSR count). The molecule has 2 fully saturated rings. The Morgan fingerprint density at radius 3 is 2.41 bits per heavy atom. The van der Waals surface area contributed by atoms with Gasteiger partial charge in [-0.3, -0.25) is 0 Å². The fourth-order valence-corrected chi connectivity index (χ4v) is 4.97. The number of hydrogen-bond donors (Lipinski definition) is 0. The van der Waals surface area contributed by atoms with Crippen molar-refractivity contribution in [1.82, 2.24) is 19.8 Å². The van der Waals surface area contributed by atoms with Crippen LogP contribution in [0.5, 0.6) is 0 Å². The number of anilines is 1. The lowest BCUT2D eigenvalue weighted by molar-refractivity contribution is 0.167. The standard InChI is InChI=1S/C20H22ClF2N5O3S/c1-32(30,31)17-9-15(22)13(8-16(17)23)12-27-6-7-28(20(27)29)14-2-4-26(5-3-14)19-11-24-18(21)10-25-19/h8-11,14H,2-7,12H2,1H3. The van der Waals surface area contributed by atoms with E-state index in [1.54, 1.807) is 11.1 Å². The SMILES string of the molecule is CS(=O)(=O)c1cc(F)c(CN2CCN(C3CCN(c4cnc(Cl)cn4)CC3)C2=O)cc1F. The van der Waals surface area contributed by atoms with E-state index in [0.29, 0.717) is 37.4 Å². The van der Waals surface area contributed by atoms with E-state index in [-0.39, 0.29) is 24.2 Å². The normalized spacial score (nSPS) is 18.0. The molecule has 0 bridgehead atoms. The van der Waals surface area contributed by atoms with Crippen LogP contribution >= 0.6 is 11.6 Å². The van der Waals surface area contributed by atoms with E-state index in [0.717, 1.165) is 31.0 Å². The molecular formula is C20H22ClF2N5O3S. The summed E-state index contributed by atoms with van der Waals surface area (Å²) in [5.74, 6) is -1.14. The number of amides is 2. The summed E-state index contributed by atoms with van der Waals surface area (Å²) >= 11 is 5.78. The molecule has 0 spiro atoms. The molecule has 1 aromatic carbocycles. The molecule has 0 aliphatic carbocycles. The Labute approximate surface area is 189 Å². The average molecular weight is 486 g/mol. The zero-order chi connectivity index (χ0) is 23.0. The number of carbonyl (C=O) groups is 1. The second-order valence-corrected chi connectivity index (χ2v) is 10.3. The fourth-order valence-electron chi connectivity index (χ4n) is 4.14. The van der Waals surface area contributed by atoms with Crippen LogP contribution in [0, 0.1) is 11.6 Å². The molecule has 2 saturated heterocycles. The Morgan fingerprint density at radius 2 is 1.78 bits per heavy atom. The van der Waals surface area contributed by atoms with Crippen LogP contribution in [0.4, 0.5) is 19.4 Å². The minimum absolute atomic E-state index is 0.0400. The first kappa shape index (κ1) is 22.7. The Bertz CT molecular complexity index is 1120. The maximum absolute atomic E-state index is 14.4. The van der Waals surface area contributed by atoms with E-state index in [1.807, 2.05) is 0 Å². The van der Waals surface area contributed by atoms with Crippen molar-refractivity contribution < 1.29 is 22.0 Å². The van der Waals surface area contributed by atoms with Crippen LogP contribution in [0.2, 0.25) is 5.15 Å². The molecule has 0 atom stereocenters. The van der Waals surface area contributed by atoms with Crippen molar-refractivity contribution in [3.63, 3.8) is 0 Å². The number of carbonyl (C=O) groups excluding carboxylic acids is 1. The smallest absolute Gasteiger partial charge is 0.320 e. The van der Waals surface area contributed by atoms with Gasteiger partial charge in [-0.05, 0) is 25.0 Å². The number of halogens is 3. The summed E-state index contributed by atoms with van der Waals surface area (Å²) in [7, 11) is -3.88. The first-order valence-corrected chi connectivity index (χ1v) is 12.4. The predicted molar refractivity (Wildman–Crippen MR) is 114 cm³/mol. The van der Waals surface area contributed by atoms with Gasteiger partial charge >= 0.3 is 6.03 Å². The number of hydrogen-bond acceptors (Lipinski definition) is 6. The monoisotopic (exact) mass is 485 g/mol. The largest absolute Gasteiger partial charge is 0.355 e. The molecule has 172 valence electrons. The molecule has 2 aliphatic rings. The van der Waals surface area contributed by atoms with Crippen LogP contribution < -0.4 is 4.90 Å². The highest BCUT2D eigenvalue weighted by molar-refractivity contribution is 7.90. The van der Waals surface area contributed by atoms with Crippen molar-refractivity contribution in [2.24, 2.45) is 0 Å². The molecule has 8 nitrogen and oxygen atoms in total. The van der Waals surface area contributed by atoms with Gasteiger partial charge in [-0.15, -0.1) is 0 Å². The van der Waals surface area contributed by atoms with E-state index in [1.165, 1.54) is 11.1 Å². The van der Waals surface area contributed by atoms with Crippen molar-refractivity contribution in [2.45, 2.75) is 30.3 Å². The van der Waals surface area contributed by atoms with Crippen LogP contribution in [0.1, 0.15) is 18.4 Å². The number of rotatable bonds is 5. The van der Waals surface area contributed by atoms with Crippen molar-refractivity contribution >= 4 is 33.3 Å². The summed E-state index contributed by atoms with van der Waals surface area (Å²) in [5, 5.41) is 0.327. The zero-order valence-corrected chi connectivity index (χ0v) is 18.9. The number of sulfone groups is 1. The van der Waals surface area contributed by atoms with Gasteiger partial charge in [0, 0.05) is 44.0 Å². The zero-order valence-electron chi connectivity index (χ0n) is 17.3. The van der Waals surface area contributed by atoms with Gasteiger partial charge in [0.25, 0.3) is 0 Å². The van der Waals surface area contributed by atoms with Crippen LogP contribution in [0.25, 0.3) is 0 Å². The summed E-state index contributed by atoms with van der Waals surface area (Å²) in [6.45, 7) is 2.17. The van der Waals surface area contributed by atoms with Gasteiger partial charge in [-0.1, -0.05) is 11.6 Å². The molecule has 0 N–H and O–H groups in total. The molecule has 3 heterocycles. The van der Waals surface area contributed by atoms with Crippen molar-refractivity contribution in [3.05, 3.63) is 46.9 Å². The van der Waals surface area contributed by atoms with E-state index in [4.69, 9.17) is 11.6 Å². The maximum Gasteiger partial charge on any atom is 0.320 e. The Balaban J connectivity index is 1.39. The summed E-state index contributed by atoms with van der Waals surface area (Å²) in [6.07, 6.45) is 5.42. The van der Waals surface area contributed by atoms with Crippen LogP contribution in [-0.2, 0) is 16.4 Å². The Kier molecular flexibility index (Phi) is 6.22. The van der Waals surface area contributed by atoms with Crippen LogP contribution in [-0.4, -0.2) is 72.7 Å². The third kappa shape index (κ3) is 4.63. The topological polar surface area (TPSA) is 86.7 Å². The number of urea groups is 1. The lowest BCUT2D eigenvalue weighted by atomic mass is 10.0. The van der Waals surface area contributed by atoms with Crippen molar-refractivity contribution in [1.29, 1.82) is 0 Å². The molecule has 2 amide bonds. The van der Waals surface area contributed by atoms with E-state index < -0.39 is 26.4 Å². The highest BCUT2D eigenvalue weighted by atomic mass is 35.5. The minimum atomic E-state index is -3.88. The number of aromatic nitrogens is 2. The average Bonchev–Trinajstić information content (AvgIpc) is 3.10. The van der Waals surface area contributed by atoms with Gasteiger partial charge in [0.1, 0.15) is 27.5 Å². The van der Waals surface area contributed by atoms with Gasteiger partial charge in [-0.25, -0.2) is 32.0 Å². The van der Waals surface area contributed by atoms with Gasteiger partial charge in [0.2, 0.25) is 0 Å². The summed E-state index contributed by atoms with van der Waals surface area (Å²) < 4.78 is 51.7. The lowest BCUT2D eigenvalue weighted by Gasteiger charge is -2.36. The third-order valence-corrected chi connectivity index (χ3v) is 7.13. The second kappa shape index (κ2) is 8.78. The summed E-state index contributed by atoms with van der Waals surface area (Å²) in [5.41, 5.74) is -0.0544. The first-order chi connectivity index (χ1) is 15.1. The van der Waals surface area contributed by atoms with E-state index in [9.17, 15) is 22.0 Å². The van der Waals surface area contributed by atoms with Gasteiger partial charge in [0.15, 0.2) is 9.84 Å². The molecule has 2 aromatic rings. The molecule has 2 aliphatic heterocycles.